The summed E-state index contributed by atoms with van der Waals surface area (Å²) in [6, 6.07) is 0. The van der Waals surface area contributed by atoms with Crippen LogP contribution >= 0.6 is 11.8 Å². The van der Waals surface area contributed by atoms with Gasteiger partial charge < -0.3 is 10.0 Å². The number of rotatable bonds is 9. The van der Waals surface area contributed by atoms with Gasteiger partial charge in [0.05, 0.1) is 5.75 Å². The van der Waals surface area contributed by atoms with Crippen LogP contribution in [0.25, 0.3) is 0 Å². The Morgan fingerprint density at radius 2 is 2.10 bits per heavy atom. The SMILES string of the molecule is CCC(C)CN(CC)c1nnc(SCC(=O)O)n1CC. The van der Waals surface area contributed by atoms with Crippen LogP contribution in [0.15, 0.2) is 5.16 Å². The summed E-state index contributed by atoms with van der Waals surface area (Å²) in [5, 5.41) is 17.8. The smallest absolute Gasteiger partial charge is 0.313 e. The van der Waals surface area contributed by atoms with E-state index < -0.39 is 5.97 Å². The Morgan fingerprint density at radius 1 is 1.40 bits per heavy atom. The number of nitrogens with zero attached hydrogens (tertiary/aromatic N) is 4. The molecule has 6 nitrogen and oxygen atoms in total. The van der Waals surface area contributed by atoms with Crippen LogP contribution < -0.4 is 4.90 Å². The first-order chi connectivity index (χ1) is 9.53. The summed E-state index contributed by atoms with van der Waals surface area (Å²) in [5.74, 6) is 0.597. The van der Waals surface area contributed by atoms with Crippen LogP contribution in [0.4, 0.5) is 5.95 Å². The van der Waals surface area contributed by atoms with Crippen LogP contribution in [-0.4, -0.2) is 44.7 Å². The van der Waals surface area contributed by atoms with E-state index in [4.69, 9.17) is 5.11 Å². The fourth-order valence-electron chi connectivity index (χ4n) is 1.88. The molecular weight excluding hydrogens is 276 g/mol. The largest absolute Gasteiger partial charge is 0.481 e. The van der Waals surface area contributed by atoms with Gasteiger partial charge in [-0.3, -0.25) is 9.36 Å². The molecule has 114 valence electrons. The van der Waals surface area contributed by atoms with Gasteiger partial charge in [0.1, 0.15) is 0 Å². The molecule has 0 radical (unpaired) electrons. The molecular formula is C13H24N4O2S. The molecule has 0 aliphatic rings. The standard InChI is InChI=1S/C13H24N4O2S/c1-5-10(4)8-16(6-2)12-14-15-13(17(12)7-3)20-9-11(18)19/h10H,5-9H2,1-4H3,(H,18,19). The zero-order valence-electron chi connectivity index (χ0n) is 12.7. The van der Waals surface area contributed by atoms with Gasteiger partial charge in [0, 0.05) is 19.6 Å². The third kappa shape index (κ3) is 4.40. The van der Waals surface area contributed by atoms with Gasteiger partial charge in [-0.25, -0.2) is 0 Å². The first-order valence-corrected chi connectivity index (χ1v) is 8.04. The van der Waals surface area contributed by atoms with Gasteiger partial charge >= 0.3 is 5.97 Å². The van der Waals surface area contributed by atoms with Crippen molar-refractivity contribution in [2.75, 3.05) is 23.7 Å². The van der Waals surface area contributed by atoms with E-state index in [1.807, 2.05) is 11.5 Å². The summed E-state index contributed by atoms with van der Waals surface area (Å²) in [4.78, 5) is 12.9. The van der Waals surface area contributed by atoms with Crippen molar-refractivity contribution in [3.05, 3.63) is 0 Å². The monoisotopic (exact) mass is 300 g/mol. The van der Waals surface area contributed by atoms with E-state index in [0.29, 0.717) is 11.1 Å². The second-order valence-electron chi connectivity index (χ2n) is 4.76. The van der Waals surface area contributed by atoms with Crippen LogP contribution in [0.1, 0.15) is 34.1 Å². The lowest BCUT2D eigenvalue weighted by Crippen LogP contribution is -2.30. The number of carboxylic acid groups (broad SMARTS) is 1. The minimum absolute atomic E-state index is 0.00954. The highest BCUT2D eigenvalue weighted by Crippen LogP contribution is 2.22. The van der Waals surface area contributed by atoms with E-state index >= 15 is 0 Å². The number of hydrogen-bond donors (Lipinski definition) is 1. The highest BCUT2D eigenvalue weighted by Gasteiger charge is 2.18. The van der Waals surface area contributed by atoms with Crippen molar-refractivity contribution in [3.63, 3.8) is 0 Å². The van der Waals surface area contributed by atoms with Crippen LogP contribution in [0.3, 0.4) is 0 Å². The zero-order chi connectivity index (χ0) is 15.1. The van der Waals surface area contributed by atoms with E-state index in [9.17, 15) is 4.79 Å². The maximum atomic E-state index is 10.7. The molecule has 1 aromatic heterocycles. The van der Waals surface area contributed by atoms with E-state index in [1.165, 1.54) is 11.8 Å². The number of aromatic nitrogens is 3. The summed E-state index contributed by atoms with van der Waals surface area (Å²) in [7, 11) is 0. The van der Waals surface area contributed by atoms with Gasteiger partial charge in [-0.2, -0.15) is 0 Å². The maximum absolute atomic E-state index is 10.7. The van der Waals surface area contributed by atoms with Crippen molar-refractivity contribution in [2.24, 2.45) is 5.92 Å². The van der Waals surface area contributed by atoms with Gasteiger partial charge in [-0.15, -0.1) is 10.2 Å². The number of hydrogen-bond acceptors (Lipinski definition) is 5. The van der Waals surface area contributed by atoms with Crippen molar-refractivity contribution in [1.82, 2.24) is 14.8 Å². The average molecular weight is 300 g/mol. The summed E-state index contributed by atoms with van der Waals surface area (Å²) in [6.45, 7) is 11.1. The molecule has 1 aromatic rings. The van der Waals surface area contributed by atoms with Gasteiger partial charge in [0.15, 0.2) is 5.16 Å². The van der Waals surface area contributed by atoms with Crippen molar-refractivity contribution in [2.45, 2.75) is 45.8 Å². The lowest BCUT2D eigenvalue weighted by Gasteiger charge is -2.25. The van der Waals surface area contributed by atoms with E-state index in [-0.39, 0.29) is 5.75 Å². The van der Waals surface area contributed by atoms with Crippen LogP contribution in [0.5, 0.6) is 0 Å². The minimum Gasteiger partial charge on any atom is -0.481 e. The number of thioether (sulfide) groups is 1. The van der Waals surface area contributed by atoms with Gasteiger partial charge in [-0.1, -0.05) is 32.0 Å². The third-order valence-electron chi connectivity index (χ3n) is 3.23. The quantitative estimate of drug-likeness (QED) is 0.706. The minimum atomic E-state index is -0.839. The molecule has 0 aliphatic heterocycles. The predicted octanol–water partition coefficient (Wildman–Crippen LogP) is 2.35. The van der Waals surface area contributed by atoms with Gasteiger partial charge in [-0.05, 0) is 19.8 Å². The molecule has 7 heteroatoms. The first kappa shape index (κ1) is 16.8. The Labute approximate surface area is 124 Å². The summed E-state index contributed by atoms with van der Waals surface area (Å²) in [5.41, 5.74) is 0. The van der Waals surface area contributed by atoms with E-state index in [0.717, 1.165) is 32.0 Å². The Hall–Kier alpha value is -1.24. The van der Waals surface area contributed by atoms with Gasteiger partial charge in [0.2, 0.25) is 5.95 Å². The molecule has 1 heterocycles. The fourth-order valence-corrected chi connectivity index (χ4v) is 2.60. The molecule has 0 saturated carbocycles. The van der Waals surface area contributed by atoms with Crippen LogP contribution in [-0.2, 0) is 11.3 Å². The van der Waals surface area contributed by atoms with Crippen molar-refractivity contribution in [1.29, 1.82) is 0 Å². The molecule has 0 saturated heterocycles. The topological polar surface area (TPSA) is 71.2 Å². The Balaban J connectivity index is 2.90. The molecule has 1 N–H and O–H groups in total. The Kier molecular flexibility index (Phi) is 6.84. The van der Waals surface area contributed by atoms with E-state index in [2.05, 4.69) is 35.9 Å². The predicted molar refractivity (Wildman–Crippen MR) is 81.4 cm³/mol. The molecule has 0 bridgehead atoms. The zero-order valence-corrected chi connectivity index (χ0v) is 13.5. The molecule has 0 amide bonds. The van der Waals surface area contributed by atoms with E-state index in [1.54, 1.807) is 0 Å². The lowest BCUT2D eigenvalue weighted by atomic mass is 10.1. The molecule has 0 fully saturated rings. The second kappa shape index (κ2) is 8.14. The Morgan fingerprint density at radius 3 is 2.60 bits per heavy atom. The highest BCUT2D eigenvalue weighted by atomic mass is 32.2. The van der Waals surface area contributed by atoms with Crippen molar-refractivity contribution >= 4 is 23.7 Å². The molecule has 1 atom stereocenters. The number of carboxylic acids is 1. The molecule has 0 aromatic carbocycles. The van der Waals surface area contributed by atoms with Crippen molar-refractivity contribution < 1.29 is 9.90 Å². The molecule has 0 aliphatic carbocycles. The average Bonchev–Trinajstić information content (AvgIpc) is 2.84. The number of aliphatic carboxylic acids is 1. The highest BCUT2D eigenvalue weighted by molar-refractivity contribution is 7.99. The maximum Gasteiger partial charge on any atom is 0.313 e. The summed E-state index contributed by atoms with van der Waals surface area (Å²) >= 11 is 1.22. The fraction of sp³-hybridized carbons (Fsp3) is 0.769. The van der Waals surface area contributed by atoms with Crippen molar-refractivity contribution in [3.8, 4) is 0 Å². The molecule has 1 rings (SSSR count). The van der Waals surface area contributed by atoms with Crippen LogP contribution in [0, 0.1) is 5.92 Å². The number of anilines is 1. The first-order valence-electron chi connectivity index (χ1n) is 7.06. The second-order valence-corrected chi connectivity index (χ2v) is 5.70. The normalized spacial score (nSPS) is 12.4. The molecule has 20 heavy (non-hydrogen) atoms. The summed E-state index contributed by atoms with van der Waals surface area (Å²) < 4.78 is 1.99. The summed E-state index contributed by atoms with van der Waals surface area (Å²) in [6.07, 6.45) is 1.12. The lowest BCUT2D eigenvalue weighted by molar-refractivity contribution is -0.133. The van der Waals surface area contributed by atoms with Crippen LogP contribution in [0.2, 0.25) is 0 Å². The Bertz CT molecular complexity index is 436. The van der Waals surface area contributed by atoms with Gasteiger partial charge in [0.25, 0.3) is 0 Å². The molecule has 1 unspecified atom stereocenters. The third-order valence-corrected chi connectivity index (χ3v) is 4.18. The molecule has 0 spiro atoms. The number of carbonyl (C=O) groups is 1.